The van der Waals surface area contributed by atoms with E-state index in [0.717, 1.165) is 0 Å². The summed E-state index contributed by atoms with van der Waals surface area (Å²) in [6.07, 6.45) is 0.418. The van der Waals surface area contributed by atoms with Crippen molar-refractivity contribution in [3.05, 3.63) is 46.1 Å². The van der Waals surface area contributed by atoms with Crippen LogP contribution in [-0.4, -0.2) is 31.9 Å². The number of sulfone groups is 1. The van der Waals surface area contributed by atoms with Crippen LogP contribution in [0, 0.1) is 0 Å². The lowest BCUT2D eigenvalue weighted by atomic mass is 10.2. The van der Waals surface area contributed by atoms with Gasteiger partial charge < -0.3 is 9.73 Å². The zero-order chi connectivity index (χ0) is 16.6. The van der Waals surface area contributed by atoms with Crippen LogP contribution >= 0.6 is 23.2 Å². The molecule has 1 aromatic heterocycles. The summed E-state index contributed by atoms with van der Waals surface area (Å²) in [5, 5.41) is 3.63. The molecule has 0 bridgehead atoms. The first-order chi connectivity index (χ1) is 10.8. The van der Waals surface area contributed by atoms with E-state index in [1.54, 1.807) is 24.3 Å². The lowest BCUT2D eigenvalue weighted by Crippen LogP contribution is -2.35. The fourth-order valence-electron chi connectivity index (χ4n) is 2.46. The van der Waals surface area contributed by atoms with Gasteiger partial charge in [-0.3, -0.25) is 4.79 Å². The predicted molar refractivity (Wildman–Crippen MR) is 88.7 cm³/mol. The summed E-state index contributed by atoms with van der Waals surface area (Å²) in [4.78, 5) is 12.1. The summed E-state index contributed by atoms with van der Waals surface area (Å²) >= 11 is 12.0. The molecule has 5 nitrogen and oxygen atoms in total. The molecule has 1 aliphatic heterocycles. The van der Waals surface area contributed by atoms with E-state index in [9.17, 15) is 13.2 Å². The molecule has 1 amide bonds. The van der Waals surface area contributed by atoms with Gasteiger partial charge in [0.2, 0.25) is 0 Å². The highest BCUT2D eigenvalue weighted by Crippen LogP contribution is 2.31. The van der Waals surface area contributed by atoms with Gasteiger partial charge in [0.25, 0.3) is 5.91 Å². The van der Waals surface area contributed by atoms with Gasteiger partial charge in [-0.25, -0.2) is 8.42 Å². The number of furan rings is 1. The van der Waals surface area contributed by atoms with E-state index in [-0.39, 0.29) is 23.3 Å². The largest absolute Gasteiger partial charge is 0.451 e. The van der Waals surface area contributed by atoms with Crippen LogP contribution in [0.3, 0.4) is 0 Å². The molecule has 1 aliphatic rings. The molecule has 23 heavy (non-hydrogen) atoms. The van der Waals surface area contributed by atoms with E-state index in [0.29, 0.717) is 27.8 Å². The molecule has 0 radical (unpaired) electrons. The number of carbonyl (C=O) groups is 1. The second-order valence-corrected chi connectivity index (χ2v) is 8.43. The number of hydrogen-bond acceptors (Lipinski definition) is 4. The zero-order valence-electron chi connectivity index (χ0n) is 11.9. The van der Waals surface area contributed by atoms with E-state index in [1.165, 1.54) is 6.07 Å². The summed E-state index contributed by atoms with van der Waals surface area (Å²) in [6, 6.07) is 7.71. The van der Waals surface area contributed by atoms with Gasteiger partial charge in [0.05, 0.1) is 16.5 Å². The van der Waals surface area contributed by atoms with E-state index >= 15 is 0 Å². The van der Waals surface area contributed by atoms with E-state index in [4.69, 9.17) is 27.6 Å². The lowest BCUT2D eigenvalue weighted by molar-refractivity contribution is 0.0914. The molecule has 122 valence electrons. The molecule has 1 aromatic carbocycles. The monoisotopic (exact) mass is 373 g/mol. The number of amides is 1. The van der Waals surface area contributed by atoms with Crippen LogP contribution in [0.1, 0.15) is 17.0 Å². The molecule has 1 saturated heterocycles. The summed E-state index contributed by atoms with van der Waals surface area (Å²) in [5.74, 6) is 0.129. The number of halogens is 2. The van der Waals surface area contributed by atoms with Crippen molar-refractivity contribution >= 4 is 38.9 Å². The molecule has 8 heteroatoms. The van der Waals surface area contributed by atoms with Crippen molar-refractivity contribution in [2.24, 2.45) is 0 Å². The van der Waals surface area contributed by atoms with Gasteiger partial charge in [-0.1, -0.05) is 23.2 Å². The average molecular weight is 374 g/mol. The maximum absolute atomic E-state index is 12.1. The van der Waals surface area contributed by atoms with Crippen molar-refractivity contribution in [1.29, 1.82) is 0 Å². The molecule has 3 rings (SSSR count). The normalized spacial score (nSPS) is 19.7. The third-order valence-corrected chi connectivity index (χ3v) is 5.92. The topological polar surface area (TPSA) is 76.4 Å². The first kappa shape index (κ1) is 16.4. The molecule has 2 heterocycles. The van der Waals surface area contributed by atoms with Crippen molar-refractivity contribution in [3.8, 4) is 11.3 Å². The second kappa shape index (κ2) is 6.19. The Kier molecular flexibility index (Phi) is 4.40. The lowest BCUT2D eigenvalue weighted by Gasteiger charge is -2.08. The highest BCUT2D eigenvalue weighted by Gasteiger charge is 2.29. The van der Waals surface area contributed by atoms with Gasteiger partial charge in [0.15, 0.2) is 15.6 Å². The number of carbonyl (C=O) groups excluding carboxylic acids is 1. The van der Waals surface area contributed by atoms with Gasteiger partial charge in [0, 0.05) is 16.6 Å². The smallest absolute Gasteiger partial charge is 0.287 e. The molecule has 0 spiro atoms. The Balaban J connectivity index is 1.76. The summed E-state index contributed by atoms with van der Waals surface area (Å²) in [5.41, 5.74) is 0.585. The van der Waals surface area contributed by atoms with Crippen LogP contribution in [0.4, 0.5) is 0 Å². The van der Waals surface area contributed by atoms with Crippen LogP contribution in [0.25, 0.3) is 11.3 Å². The number of rotatable bonds is 3. The zero-order valence-corrected chi connectivity index (χ0v) is 14.2. The van der Waals surface area contributed by atoms with Crippen LogP contribution in [0.2, 0.25) is 10.0 Å². The van der Waals surface area contributed by atoms with Crippen LogP contribution in [-0.2, 0) is 9.84 Å². The summed E-state index contributed by atoms with van der Waals surface area (Å²) in [7, 11) is -3.05. The summed E-state index contributed by atoms with van der Waals surface area (Å²) < 4.78 is 28.4. The Hall–Kier alpha value is -1.50. The second-order valence-electron chi connectivity index (χ2n) is 5.36. The Morgan fingerprint density at radius 1 is 1.22 bits per heavy atom. The Bertz CT molecular complexity index is 860. The quantitative estimate of drug-likeness (QED) is 0.896. The van der Waals surface area contributed by atoms with Crippen molar-refractivity contribution in [2.45, 2.75) is 12.5 Å². The fraction of sp³-hybridized carbons (Fsp3) is 0.267. The van der Waals surface area contributed by atoms with Crippen LogP contribution < -0.4 is 5.32 Å². The van der Waals surface area contributed by atoms with E-state index in [1.807, 2.05) is 0 Å². The molecule has 1 atom stereocenters. The van der Waals surface area contributed by atoms with Gasteiger partial charge in [-0.05, 0) is 36.8 Å². The summed E-state index contributed by atoms with van der Waals surface area (Å²) in [6.45, 7) is 0. The van der Waals surface area contributed by atoms with Crippen LogP contribution in [0.5, 0.6) is 0 Å². The minimum Gasteiger partial charge on any atom is -0.451 e. The highest BCUT2D eigenvalue weighted by molar-refractivity contribution is 7.91. The van der Waals surface area contributed by atoms with Gasteiger partial charge in [-0.2, -0.15) is 0 Å². The van der Waals surface area contributed by atoms with Crippen molar-refractivity contribution in [2.75, 3.05) is 11.5 Å². The number of hydrogen-bond donors (Lipinski definition) is 1. The third kappa shape index (κ3) is 3.71. The SMILES string of the molecule is O=C(N[C@@H]1CCS(=O)(=O)C1)c1ccc(-c2cc(Cl)ccc2Cl)o1. The first-order valence-electron chi connectivity index (χ1n) is 6.90. The Morgan fingerprint density at radius 2 is 2.00 bits per heavy atom. The maximum Gasteiger partial charge on any atom is 0.287 e. The van der Waals surface area contributed by atoms with Crippen molar-refractivity contribution < 1.29 is 17.6 Å². The standard InChI is InChI=1S/C15H13Cl2NO4S/c16-9-1-2-12(17)11(7-9)13-3-4-14(22-13)15(19)18-10-5-6-23(20,21)8-10/h1-4,7,10H,5-6,8H2,(H,18,19)/t10-/m1/s1. The van der Waals surface area contributed by atoms with Gasteiger partial charge in [0.1, 0.15) is 5.76 Å². The predicted octanol–water partition coefficient (Wildman–Crippen LogP) is 3.17. The van der Waals surface area contributed by atoms with Gasteiger partial charge >= 0.3 is 0 Å². The highest BCUT2D eigenvalue weighted by atomic mass is 35.5. The third-order valence-electron chi connectivity index (χ3n) is 3.59. The molecular formula is C15H13Cl2NO4S. The molecule has 1 N–H and O–H groups in total. The Labute approximate surface area is 143 Å². The number of nitrogens with one attached hydrogen (secondary N) is 1. The maximum atomic E-state index is 12.1. The molecule has 0 unspecified atom stereocenters. The van der Waals surface area contributed by atoms with Crippen molar-refractivity contribution in [1.82, 2.24) is 5.32 Å². The molecule has 0 saturated carbocycles. The molecular weight excluding hydrogens is 361 g/mol. The minimum absolute atomic E-state index is 0.0353. The average Bonchev–Trinajstić information content (AvgIpc) is 3.08. The van der Waals surface area contributed by atoms with E-state index < -0.39 is 15.7 Å². The van der Waals surface area contributed by atoms with Gasteiger partial charge in [-0.15, -0.1) is 0 Å². The fourth-order valence-corrected chi connectivity index (χ4v) is 4.51. The molecule has 0 aliphatic carbocycles. The van der Waals surface area contributed by atoms with E-state index in [2.05, 4.69) is 5.32 Å². The first-order valence-corrected chi connectivity index (χ1v) is 9.48. The van der Waals surface area contributed by atoms with Crippen LogP contribution in [0.15, 0.2) is 34.7 Å². The molecule has 1 fully saturated rings. The minimum atomic E-state index is -3.05. The Morgan fingerprint density at radius 3 is 2.70 bits per heavy atom. The number of benzene rings is 1. The van der Waals surface area contributed by atoms with Crippen molar-refractivity contribution in [3.63, 3.8) is 0 Å². The molecule has 2 aromatic rings.